The van der Waals surface area contributed by atoms with E-state index < -0.39 is 0 Å². The van der Waals surface area contributed by atoms with Crippen LogP contribution in [0.2, 0.25) is 0 Å². The molecule has 3 aromatic rings. The maximum absolute atomic E-state index is 3.63. The summed E-state index contributed by atoms with van der Waals surface area (Å²) in [5.74, 6) is 0. The molecule has 0 aromatic heterocycles. The molecule has 3 aromatic carbocycles. The SMILES string of the molecule is Brc1ccc2c(c1)C1=CC(C=CC=C1)N2c1ccc(-c2ccccc2)cc1. The molecule has 0 saturated heterocycles. The molecule has 5 rings (SSSR count). The minimum atomic E-state index is 0.214. The average Bonchev–Trinajstić information content (AvgIpc) is 2.93. The van der Waals surface area contributed by atoms with Crippen molar-refractivity contribution in [1.82, 2.24) is 0 Å². The van der Waals surface area contributed by atoms with Crippen LogP contribution in [-0.4, -0.2) is 6.04 Å². The summed E-state index contributed by atoms with van der Waals surface area (Å²) < 4.78 is 1.10. The van der Waals surface area contributed by atoms with Crippen molar-refractivity contribution in [2.75, 3.05) is 4.90 Å². The zero-order chi connectivity index (χ0) is 18.2. The van der Waals surface area contributed by atoms with Crippen LogP contribution in [0.3, 0.4) is 0 Å². The Hall–Kier alpha value is -2.84. The molecular weight excluding hydrogens is 394 g/mol. The van der Waals surface area contributed by atoms with Gasteiger partial charge in [-0.05, 0) is 53.1 Å². The quantitative estimate of drug-likeness (QED) is 0.432. The van der Waals surface area contributed by atoms with E-state index in [0.29, 0.717) is 0 Å². The number of anilines is 2. The Labute approximate surface area is 168 Å². The van der Waals surface area contributed by atoms with Gasteiger partial charge in [0.15, 0.2) is 0 Å². The van der Waals surface area contributed by atoms with E-state index >= 15 is 0 Å². The van der Waals surface area contributed by atoms with Gasteiger partial charge in [0.25, 0.3) is 0 Å². The summed E-state index contributed by atoms with van der Waals surface area (Å²) in [5, 5.41) is 0. The highest BCUT2D eigenvalue weighted by Gasteiger charge is 2.26. The van der Waals surface area contributed by atoms with Gasteiger partial charge in [-0.2, -0.15) is 0 Å². The number of hydrogen-bond acceptors (Lipinski definition) is 1. The predicted octanol–water partition coefficient (Wildman–Crippen LogP) is 7.15. The first-order chi connectivity index (χ1) is 13.3. The second kappa shape index (κ2) is 6.71. The Morgan fingerprint density at radius 2 is 1.56 bits per heavy atom. The van der Waals surface area contributed by atoms with Gasteiger partial charge in [0.2, 0.25) is 0 Å². The Morgan fingerprint density at radius 1 is 0.778 bits per heavy atom. The molecule has 2 heteroatoms. The summed E-state index contributed by atoms with van der Waals surface area (Å²) >= 11 is 3.63. The van der Waals surface area contributed by atoms with Gasteiger partial charge in [-0.15, -0.1) is 0 Å². The third-order valence-electron chi connectivity index (χ3n) is 5.13. The summed E-state index contributed by atoms with van der Waals surface area (Å²) in [6, 6.07) is 26.1. The first-order valence-corrected chi connectivity index (χ1v) is 9.90. The van der Waals surface area contributed by atoms with Crippen molar-refractivity contribution in [3.63, 3.8) is 0 Å². The molecule has 1 aliphatic heterocycles. The van der Waals surface area contributed by atoms with E-state index in [-0.39, 0.29) is 6.04 Å². The number of allylic oxidation sites excluding steroid dienone is 4. The molecule has 1 unspecified atom stereocenters. The van der Waals surface area contributed by atoms with Crippen LogP contribution >= 0.6 is 15.9 Å². The largest absolute Gasteiger partial charge is 0.330 e. The Morgan fingerprint density at radius 3 is 2.37 bits per heavy atom. The van der Waals surface area contributed by atoms with Crippen LogP contribution < -0.4 is 4.90 Å². The monoisotopic (exact) mass is 411 g/mol. The predicted molar refractivity (Wildman–Crippen MR) is 118 cm³/mol. The van der Waals surface area contributed by atoms with Crippen LogP contribution in [0.1, 0.15) is 5.56 Å². The minimum Gasteiger partial charge on any atom is -0.330 e. The molecule has 2 bridgehead atoms. The van der Waals surface area contributed by atoms with Gasteiger partial charge in [-0.1, -0.05) is 82.7 Å². The smallest absolute Gasteiger partial charge is 0.0718 e. The lowest BCUT2D eigenvalue weighted by molar-refractivity contribution is 0.932. The number of rotatable bonds is 2. The van der Waals surface area contributed by atoms with E-state index in [4.69, 9.17) is 0 Å². The average molecular weight is 412 g/mol. The summed E-state index contributed by atoms with van der Waals surface area (Å²) in [5.41, 5.74) is 7.45. The summed E-state index contributed by atoms with van der Waals surface area (Å²) in [7, 11) is 0. The van der Waals surface area contributed by atoms with Crippen molar-refractivity contribution in [1.29, 1.82) is 0 Å². The number of hydrogen-bond donors (Lipinski definition) is 0. The molecule has 0 radical (unpaired) electrons. The lowest BCUT2D eigenvalue weighted by Crippen LogP contribution is -2.31. The third kappa shape index (κ3) is 2.96. The highest BCUT2D eigenvalue weighted by atomic mass is 79.9. The topological polar surface area (TPSA) is 3.24 Å². The Bertz CT molecular complexity index is 1080. The molecule has 1 aliphatic carbocycles. The number of benzene rings is 3. The zero-order valence-electron chi connectivity index (χ0n) is 14.7. The molecule has 0 amide bonds. The minimum absolute atomic E-state index is 0.214. The van der Waals surface area contributed by atoms with Gasteiger partial charge < -0.3 is 4.90 Å². The fourth-order valence-electron chi connectivity index (χ4n) is 3.84. The van der Waals surface area contributed by atoms with Crippen molar-refractivity contribution < 1.29 is 0 Å². The Balaban J connectivity index is 1.60. The van der Waals surface area contributed by atoms with Crippen molar-refractivity contribution >= 4 is 32.9 Å². The normalized spacial score (nSPS) is 17.3. The number of halogens is 1. The van der Waals surface area contributed by atoms with Crippen LogP contribution in [0.5, 0.6) is 0 Å². The van der Waals surface area contributed by atoms with E-state index in [1.54, 1.807) is 0 Å². The van der Waals surface area contributed by atoms with Crippen LogP contribution in [0.4, 0.5) is 11.4 Å². The molecule has 1 atom stereocenters. The number of fused-ring (bicyclic) bond motifs is 3. The van der Waals surface area contributed by atoms with Crippen molar-refractivity contribution in [2.24, 2.45) is 0 Å². The van der Waals surface area contributed by atoms with Gasteiger partial charge in [-0.3, -0.25) is 0 Å². The molecule has 1 heterocycles. The highest BCUT2D eigenvalue weighted by molar-refractivity contribution is 9.10. The van der Waals surface area contributed by atoms with E-state index in [2.05, 4.69) is 124 Å². The fourth-order valence-corrected chi connectivity index (χ4v) is 4.20. The summed E-state index contributed by atoms with van der Waals surface area (Å²) in [6.07, 6.45) is 11.0. The van der Waals surface area contributed by atoms with E-state index in [1.807, 2.05) is 0 Å². The maximum Gasteiger partial charge on any atom is 0.0718 e. The van der Waals surface area contributed by atoms with E-state index in [1.165, 1.54) is 33.6 Å². The molecule has 0 saturated carbocycles. The van der Waals surface area contributed by atoms with Gasteiger partial charge in [0.1, 0.15) is 0 Å². The van der Waals surface area contributed by atoms with Crippen LogP contribution in [0.25, 0.3) is 16.7 Å². The van der Waals surface area contributed by atoms with Crippen LogP contribution in [0.15, 0.2) is 108 Å². The molecule has 1 nitrogen and oxygen atoms in total. The van der Waals surface area contributed by atoms with Crippen molar-refractivity contribution in [3.05, 3.63) is 113 Å². The van der Waals surface area contributed by atoms with Gasteiger partial charge in [-0.25, -0.2) is 0 Å². The van der Waals surface area contributed by atoms with Crippen LogP contribution in [-0.2, 0) is 0 Å². The molecular formula is C25H18BrN. The molecule has 0 fully saturated rings. The van der Waals surface area contributed by atoms with E-state index in [9.17, 15) is 0 Å². The van der Waals surface area contributed by atoms with Gasteiger partial charge in [0.05, 0.1) is 6.04 Å². The lowest BCUT2D eigenvalue weighted by Gasteiger charge is -2.36. The van der Waals surface area contributed by atoms with Crippen LogP contribution in [0, 0.1) is 0 Å². The summed E-state index contributed by atoms with van der Waals surface area (Å²) in [6.45, 7) is 0. The van der Waals surface area contributed by atoms with E-state index in [0.717, 1.165) is 4.47 Å². The second-order valence-corrected chi connectivity index (χ2v) is 7.72. The molecule has 130 valence electrons. The maximum atomic E-state index is 3.63. The first kappa shape index (κ1) is 16.3. The fraction of sp³-hybridized carbons (Fsp3) is 0.0400. The van der Waals surface area contributed by atoms with Crippen molar-refractivity contribution in [3.8, 4) is 11.1 Å². The standard InChI is InChI=1S/C25H18BrN/c26-21-12-15-25-24(17-21)20-8-4-5-9-23(16-20)27(25)22-13-10-19(11-14-22)18-6-2-1-3-7-18/h1-17,23H. The second-order valence-electron chi connectivity index (χ2n) is 6.80. The van der Waals surface area contributed by atoms with Gasteiger partial charge >= 0.3 is 0 Å². The molecule has 27 heavy (non-hydrogen) atoms. The Kier molecular flexibility index (Phi) is 4.06. The third-order valence-corrected chi connectivity index (χ3v) is 5.62. The summed E-state index contributed by atoms with van der Waals surface area (Å²) in [4.78, 5) is 2.41. The zero-order valence-corrected chi connectivity index (χ0v) is 16.3. The van der Waals surface area contributed by atoms with Gasteiger partial charge in [0, 0.05) is 21.4 Å². The number of nitrogens with zero attached hydrogens (tertiary/aromatic N) is 1. The molecule has 0 N–H and O–H groups in total. The van der Waals surface area contributed by atoms with Crippen molar-refractivity contribution in [2.45, 2.75) is 6.04 Å². The molecule has 0 spiro atoms. The highest BCUT2D eigenvalue weighted by Crippen LogP contribution is 2.42. The first-order valence-electron chi connectivity index (χ1n) is 9.11. The molecule has 2 aliphatic rings. The lowest BCUT2D eigenvalue weighted by atomic mass is 9.94.